The molecule has 0 aromatic heterocycles. The average Bonchev–Trinajstić information content (AvgIpc) is 2.48. The van der Waals surface area contributed by atoms with Crippen LogP contribution in [0.2, 0.25) is 0 Å². The maximum Gasteiger partial charge on any atom is 0.673 e. The summed E-state index contributed by atoms with van der Waals surface area (Å²) < 4.78 is 39.0. The molecule has 0 amide bonds. The maximum absolute atomic E-state index is 9.75. The summed E-state index contributed by atoms with van der Waals surface area (Å²) in [6.07, 6.45) is 1.05. The van der Waals surface area contributed by atoms with Gasteiger partial charge in [-0.3, -0.25) is 0 Å². The van der Waals surface area contributed by atoms with E-state index in [1.54, 1.807) is 0 Å². The molecule has 0 spiro atoms. The van der Waals surface area contributed by atoms with E-state index in [0.29, 0.717) is 0 Å². The van der Waals surface area contributed by atoms with Crippen molar-refractivity contribution < 1.29 is 17.3 Å². The Labute approximate surface area is 142 Å². The second-order valence-electron chi connectivity index (χ2n) is 4.79. The molecular formula is C16H18BClF4S. The van der Waals surface area contributed by atoms with Crippen LogP contribution in [-0.4, -0.2) is 18.4 Å². The number of alkyl halides is 1. The summed E-state index contributed by atoms with van der Waals surface area (Å²) in [5, 5.41) is 0.243. The molecule has 2 aromatic rings. The lowest BCUT2D eigenvalue weighted by molar-refractivity contribution is 0.368. The zero-order valence-corrected chi connectivity index (χ0v) is 14.2. The van der Waals surface area contributed by atoms with Crippen molar-refractivity contribution >= 4 is 29.8 Å². The van der Waals surface area contributed by atoms with Crippen molar-refractivity contribution in [1.82, 2.24) is 0 Å². The van der Waals surface area contributed by atoms with E-state index in [-0.39, 0.29) is 16.3 Å². The van der Waals surface area contributed by atoms with Gasteiger partial charge in [-0.15, -0.1) is 11.6 Å². The molecule has 2 rings (SSSR count). The third-order valence-electron chi connectivity index (χ3n) is 2.78. The van der Waals surface area contributed by atoms with Crippen molar-refractivity contribution in [1.29, 1.82) is 0 Å². The van der Waals surface area contributed by atoms with Gasteiger partial charge < -0.3 is 17.3 Å². The van der Waals surface area contributed by atoms with E-state index < -0.39 is 7.25 Å². The van der Waals surface area contributed by atoms with Crippen LogP contribution in [0.25, 0.3) is 0 Å². The van der Waals surface area contributed by atoms with Gasteiger partial charge in [0.2, 0.25) is 0 Å². The van der Waals surface area contributed by atoms with E-state index in [1.165, 1.54) is 9.79 Å². The van der Waals surface area contributed by atoms with Crippen LogP contribution in [0.5, 0.6) is 0 Å². The van der Waals surface area contributed by atoms with Gasteiger partial charge in [0.25, 0.3) is 0 Å². The number of halogens is 5. The Morgan fingerprint density at radius 2 is 1.22 bits per heavy atom. The minimum absolute atomic E-state index is 0.144. The standard InChI is InChI=1S/C16H18ClS.BF4/c1-14(17)12-13-18(15-8-4-2-5-9-15)16-10-6-3-7-11-16;2-1(3,4)5/h2-11,14H,12-13H2,1H3;/q+1;-1. The Kier molecular flexibility index (Phi) is 8.55. The molecule has 0 aliphatic carbocycles. The second-order valence-corrected chi connectivity index (χ2v) is 7.66. The van der Waals surface area contributed by atoms with Gasteiger partial charge in [-0.2, -0.15) is 0 Å². The normalized spacial score (nSPS) is 12.5. The molecule has 0 saturated heterocycles. The first kappa shape index (κ1) is 19.9. The second kappa shape index (κ2) is 9.88. The molecule has 7 heteroatoms. The highest BCUT2D eigenvalue weighted by atomic mass is 35.5. The van der Waals surface area contributed by atoms with Crippen LogP contribution < -0.4 is 0 Å². The van der Waals surface area contributed by atoms with Crippen LogP contribution in [0.1, 0.15) is 13.3 Å². The molecular weight excluding hydrogens is 346 g/mol. The summed E-state index contributed by atoms with van der Waals surface area (Å²) in [5.74, 6) is 1.12. The summed E-state index contributed by atoms with van der Waals surface area (Å²) in [6, 6.07) is 21.5. The first-order chi connectivity index (χ1) is 10.8. The van der Waals surface area contributed by atoms with Crippen LogP contribution in [0.15, 0.2) is 70.5 Å². The first-order valence-electron chi connectivity index (χ1n) is 7.09. The molecule has 0 saturated carbocycles. The molecule has 126 valence electrons. The van der Waals surface area contributed by atoms with Gasteiger partial charge in [0.05, 0.1) is 10.9 Å². The monoisotopic (exact) mass is 364 g/mol. The fourth-order valence-electron chi connectivity index (χ4n) is 1.82. The molecule has 0 aliphatic rings. The quantitative estimate of drug-likeness (QED) is 0.262. The number of rotatable bonds is 5. The zero-order valence-electron chi connectivity index (χ0n) is 12.6. The van der Waals surface area contributed by atoms with Gasteiger partial charge in [0, 0.05) is 11.8 Å². The smallest absolute Gasteiger partial charge is 0.418 e. The first-order valence-corrected chi connectivity index (χ1v) is 8.93. The molecule has 23 heavy (non-hydrogen) atoms. The van der Waals surface area contributed by atoms with Crippen molar-refractivity contribution in [2.45, 2.75) is 28.5 Å². The van der Waals surface area contributed by atoms with Gasteiger partial charge >= 0.3 is 7.25 Å². The van der Waals surface area contributed by atoms with E-state index in [0.717, 1.165) is 12.2 Å². The summed E-state index contributed by atoms with van der Waals surface area (Å²) in [7, 11) is -5.86. The molecule has 2 aromatic carbocycles. The highest BCUT2D eigenvalue weighted by molar-refractivity contribution is 7.97. The zero-order chi connectivity index (χ0) is 17.3. The Morgan fingerprint density at radius 3 is 1.52 bits per heavy atom. The summed E-state index contributed by atoms with van der Waals surface area (Å²) >= 11 is 6.10. The predicted molar refractivity (Wildman–Crippen MR) is 91.8 cm³/mol. The van der Waals surface area contributed by atoms with Gasteiger partial charge in [-0.25, -0.2) is 0 Å². The molecule has 0 radical (unpaired) electrons. The van der Waals surface area contributed by atoms with Crippen molar-refractivity contribution in [2.75, 3.05) is 5.75 Å². The lowest BCUT2D eigenvalue weighted by atomic mass is 10.3. The van der Waals surface area contributed by atoms with Crippen molar-refractivity contribution in [3.63, 3.8) is 0 Å². The fraction of sp³-hybridized carbons (Fsp3) is 0.250. The topological polar surface area (TPSA) is 0 Å². The number of benzene rings is 2. The molecule has 0 nitrogen and oxygen atoms in total. The van der Waals surface area contributed by atoms with E-state index in [1.807, 2.05) is 0 Å². The van der Waals surface area contributed by atoms with E-state index >= 15 is 0 Å². The van der Waals surface area contributed by atoms with Crippen LogP contribution in [0.3, 0.4) is 0 Å². The highest BCUT2D eigenvalue weighted by Crippen LogP contribution is 2.24. The van der Waals surface area contributed by atoms with Gasteiger partial charge in [0.1, 0.15) is 5.75 Å². The Hall–Kier alpha value is -1.14. The maximum atomic E-state index is 9.75. The van der Waals surface area contributed by atoms with Crippen LogP contribution in [-0.2, 0) is 10.9 Å². The Bertz CT molecular complexity index is 504. The average molecular weight is 365 g/mol. The van der Waals surface area contributed by atoms with Crippen molar-refractivity contribution in [3.8, 4) is 0 Å². The Balaban J connectivity index is 0.000000463. The highest BCUT2D eigenvalue weighted by Gasteiger charge is 2.24. The predicted octanol–water partition coefficient (Wildman–Crippen LogP) is 6.04. The Morgan fingerprint density at radius 1 is 0.870 bits per heavy atom. The summed E-state index contributed by atoms with van der Waals surface area (Å²) in [6.45, 7) is 2.07. The third kappa shape index (κ3) is 9.56. The van der Waals surface area contributed by atoms with Crippen molar-refractivity contribution in [3.05, 3.63) is 60.7 Å². The molecule has 0 bridgehead atoms. The minimum atomic E-state index is -6.00. The van der Waals surface area contributed by atoms with E-state index in [4.69, 9.17) is 11.6 Å². The molecule has 1 atom stereocenters. The van der Waals surface area contributed by atoms with E-state index in [9.17, 15) is 17.3 Å². The molecule has 0 N–H and O–H groups in total. The summed E-state index contributed by atoms with van der Waals surface area (Å²) in [5.41, 5.74) is 0. The van der Waals surface area contributed by atoms with Crippen LogP contribution in [0.4, 0.5) is 17.3 Å². The van der Waals surface area contributed by atoms with Crippen LogP contribution >= 0.6 is 11.6 Å². The van der Waals surface area contributed by atoms with Crippen molar-refractivity contribution in [2.24, 2.45) is 0 Å². The van der Waals surface area contributed by atoms with E-state index in [2.05, 4.69) is 67.6 Å². The van der Waals surface area contributed by atoms with Gasteiger partial charge in [-0.1, -0.05) is 36.4 Å². The molecule has 0 heterocycles. The third-order valence-corrected chi connectivity index (χ3v) is 5.32. The minimum Gasteiger partial charge on any atom is -0.418 e. The lowest BCUT2D eigenvalue weighted by Gasteiger charge is -2.08. The number of hydrogen-bond acceptors (Lipinski definition) is 0. The number of hydrogen-bond donors (Lipinski definition) is 0. The van der Waals surface area contributed by atoms with Gasteiger partial charge in [0.15, 0.2) is 9.79 Å². The largest absolute Gasteiger partial charge is 0.673 e. The molecule has 1 unspecified atom stereocenters. The SMILES string of the molecule is CC(Cl)CC[S+](c1ccccc1)c1ccccc1.F[B-](F)(F)F. The summed E-state index contributed by atoms with van der Waals surface area (Å²) in [4.78, 5) is 2.81. The van der Waals surface area contributed by atoms with Gasteiger partial charge in [-0.05, 0) is 31.2 Å². The molecule has 0 fully saturated rings. The van der Waals surface area contributed by atoms with Crippen LogP contribution in [0, 0.1) is 0 Å². The lowest BCUT2D eigenvalue weighted by Crippen LogP contribution is -2.11. The fourth-order valence-corrected chi connectivity index (χ4v) is 4.36. The molecule has 0 aliphatic heterocycles.